The lowest BCUT2D eigenvalue weighted by Crippen LogP contribution is -2.45. The van der Waals surface area contributed by atoms with Crippen molar-refractivity contribution in [2.45, 2.75) is 86.1 Å². The number of hydrogen-bond donors (Lipinski definition) is 6. The van der Waals surface area contributed by atoms with Crippen LogP contribution < -0.4 is 30.7 Å². The predicted molar refractivity (Wildman–Crippen MR) is 312 cm³/mol. The summed E-state index contributed by atoms with van der Waals surface area (Å²) in [6, 6.07) is 19.9. The molecule has 80 heavy (non-hydrogen) atoms. The van der Waals surface area contributed by atoms with Gasteiger partial charge >= 0.3 is 12.1 Å². The minimum atomic E-state index is -4.16. The highest BCUT2D eigenvalue weighted by molar-refractivity contribution is 7.90. The van der Waals surface area contributed by atoms with Crippen LogP contribution in [0.5, 0.6) is 0 Å². The lowest BCUT2D eigenvalue weighted by Gasteiger charge is -2.33. The van der Waals surface area contributed by atoms with Crippen LogP contribution in [0.15, 0.2) is 82.6 Å². The first-order valence-corrected chi connectivity index (χ1v) is 31.8. The third-order valence-corrected chi connectivity index (χ3v) is 19.2. The molecule has 0 aromatic heterocycles. The Balaban J connectivity index is 0.659. The molecule has 4 aliphatic rings. The van der Waals surface area contributed by atoms with E-state index < -0.39 is 43.7 Å². The number of rotatable bonds is 21. The molecule has 6 amide bonds. The summed E-state index contributed by atoms with van der Waals surface area (Å²) in [6.07, 6.45) is 5.20. The van der Waals surface area contributed by atoms with Gasteiger partial charge in [0.15, 0.2) is 0 Å². The number of nitrogens with zero attached hydrogens (tertiary/aromatic N) is 4. The van der Waals surface area contributed by atoms with E-state index in [2.05, 4.69) is 50.3 Å². The average molecular weight is 1220 g/mol. The van der Waals surface area contributed by atoms with Gasteiger partial charge < -0.3 is 40.9 Å². The van der Waals surface area contributed by atoms with Crippen molar-refractivity contribution < 1.29 is 36.0 Å². The summed E-state index contributed by atoms with van der Waals surface area (Å²) in [5, 5.41) is 13.6. The number of nitrogens with one attached hydrogen (secondary N) is 6. The van der Waals surface area contributed by atoms with Gasteiger partial charge in [-0.25, -0.2) is 35.9 Å². The first-order valence-electron chi connectivity index (χ1n) is 27.4. The fraction of sp³-hybridized carbons (Fsp3) is 0.500. The highest BCUT2D eigenvalue weighted by Gasteiger charge is 2.34. The zero-order valence-electron chi connectivity index (χ0n) is 45.2. The highest BCUT2D eigenvalue weighted by atomic mass is 35.5. The molecule has 0 spiro atoms. The summed E-state index contributed by atoms with van der Waals surface area (Å²) in [7, 11) is -4.35. The summed E-state index contributed by atoms with van der Waals surface area (Å²) in [4.78, 5) is 60.2. The van der Waals surface area contributed by atoms with Gasteiger partial charge in [0.1, 0.15) is 0 Å². The van der Waals surface area contributed by atoms with E-state index in [1.165, 1.54) is 12.1 Å². The van der Waals surface area contributed by atoms with Gasteiger partial charge in [-0.1, -0.05) is 70.7 Å². The van der Waals surface area contributed by atoms with Crippen LogP contribution in [0.4, 0.5) is 9.59 Å². The second-order valence-corrected chi connectivity index (χ2v) is 26.6. The van der Waals surface area contributed by atoms with Gasteiger partial charge in [0.2, 0.25) is 11.8 Å². The molecule has 0 radical (unpaired) electrons. The smallest absolute Gasteiger partial charge is 0.314 e. The number of halogens is 4. The third-order valence-electron chi connectivity index (χ3n) is 15.4. The lowest BCUT2D eigenvalue weighted by molar-refractivity contribution is -0.125. The van der Waals surface area contributed by atoms with Gasteiger partial charge in [0.25, 0.3) is 20.0 Å². The minimum Gasteiger partial charge on any atom is -0.338 e. The fourth-order valence-electron chi connectivity index (χ4n) is 11.3. The number of amides is 6. The second-order valence-electron chi connectivity index (χ2n) is 21.6. The zero-order chi connectivity index (χ0) is 57.1. The largest absolute Gasteiger partial charge is 0.338 e. The van der Waals surface area contributed by atoms with E-state index in [1.807, 2.05) is 38.4 Å². The molecule has 0 aliphatic carbocycles. The standard InChI is InChI=1S/C56H72Cl4N10O8S2/c1-67-33-47(45-27-41(57)29-51(59)49(45)35-67)37-11-5-15-43(25-37)79(75,76)65-53(71)39-13-7-21-69(31-39)23-9-19-63-55(73)61-17-3-4-18-62-56(74)64-20-10-24-70-22-8-14-40(32-70)54(72)66-80(77,78)44-16-6-12-38(26-44)48-34-68(2)36-50-46(48)28-42(58)30-52(50)60/h5-6,11-12,15-16,25-30,39-40,47-48H,3-4,7-10,13-14,17-24,31-36H2,1-2H3,(H,65,71)(H,66,72)(H2,61,63,73)(H2,62,64,74). The molecule has 4 aromatic rings. The van der Waals surface area contributed by atoms with Crippen molar-refractivity contribution in [2.24, 2.45) is 11.8 Å². The second kappa shape index (κ2) is 28.0. The van der Waals surface area contributed by atoms with Crippen LogP contribution in [0.1, 0.15) is 96.6 Å². The number of fused-ring (bicyclic) bond motifs is 2. The Morgan fingerprint density at radius 2 is 0.912 bits per heavy atom. The molecule has 24 heteroatoms. The predicted octanol–water partition coefficient (Wildman–Crippen LogP) is 7.35. The van der Waals surface area contributed by atoms with Crippen LogP contribution in [0.3, 0.4) is 0 Å². The van der Waals surface area contributed by atoms with E-state index in [4.69, 9.17) is 46.4 Å². The molecule has 4 aromatic carbocycles. The molecule has 0 saturated carbocycles. The maximum atomic E-state index is 13.6. The Bertz CT molecular complexity index is 2920. The monoisotopic (exact) mass is 1220 g/mol. The van der Waals surface area contributed by atoms with Crippen molar-refractivity contribution in [3.63, 3.8) is 0 Å². The van der Waals surface area contributed by atoms with Crippen molar-refractivity contribution >= 4 is 90.3 Å². The number of unbranched alkanes of at least 4 members (excludes halogenated alkanes) is 1. The van der Waals surface area contributed by atoms with Crippen LogP contribution in [0, 0.1) is 11.8 Å². The van der Waals surface area contributed by atoms with Crippen LogP contribution in [-0.4, -0.2) is 153 Å². The van der Waals surface area contributed by atoms with Crippen LogP contribution in [-0.2, 0) is 42.7 Å². The Hall–Kier alpha value is -4.74. The molecule has 0 bridgehead atoms. The number of benzene rings is 4. The van der Waals surface area contributed by atoms with Crippen molar-refractivity contribution in [2.75, 3.05) is 92.6 Å². The van der Waals surface area contributed by atoms with Crippen molar-refractivity contribution in [3.8, 4) is 0 Å². The van der Waals surface area contributed by atoms with E-state index in [1.54, 1.807) is 36.4 Å². The number of piperidine rings is 2. The Kier molecular flexibility index (Phi) is 21.5. The first kappa shape index (κ1) is 61.3. The summed E-state index contributed by atoms with van der Waals surface area (Å²) >= 11 is 25.9. The molecule has 434 valence electrons. The molecule has 18 nitrogen and oxygen atoms in total. The van der Waals surface area contributed by atoms with E-state index in [0.29, 0.717) is 137 Å². The lowest BCUT2D eigenvalue weighted by atomic mass is 9.85. The number of carbonyl (C=O) groups excluding carboxylic acids is 4. The van der Waals surface area contributed by atoms with Crippen LogP contribution in [0.2, 0.25) is 20.1 Å². The molecular weight excluding hydrogens is 1150 g/mol. The topological polar surface area (TPSA) is 222 Å². The molecule has 4 heterocycles. The summed E-state index contributed by atoms with van der Waals surface area (Å²) in [6.45, 7) is 7.88. The number of likely N-dealkylation sites (N-methyl/N-ethyl adjacent to an activating group) is 2. The van der Waals surface area contributed by atoms with E-state index in [9.17, 15) is 36.0 Å². The molecule has 4 aliphatic heterocycles. The average Bonchev–Trinajstić information content (AvgIpc) is 3.48. The van der Waals surface area contributed by atoms with Crippen LogP contribution in [0.25, 0.3) is 0 Å². The summed E-state index contributed by atoms with van der Waals surface area (Å²) < 4.78 is 59.0. The number of urea groups is 2. The van der Waals surface area contributed by atoms with Gasteiger partial charge in [0.05, 0.1) is 21.6 Å². The van der Waals surface area contributed by atoms with Gasteiger partial charge in [-0.3, -0.25) is 9.59 Å². The fourth-order valence-corrected chi connectivity index (χ4v) is 14.7. The van der Waals surface area contributed by atoms with Gasteiger partial charge in [-0.05, 0) is 174 Å². The molecule has 4 atom stereocenters. The molecule has 2 fully saturated rings. The summed E-state index contributed by atoms with van der Waals surface area (Å²) in [5.41, 5.74) is 5.38. The first-order chi connectivity index (χ1) is 38.2. The minimum absolute atomic E-state index is 0.00985. The molecular formula is C56H72Cl4N10O8S2. The van der Waals surface area contributed by atoms with Gasteiger partial charge in [0, 0.05) is 97.4 Å². The van der Waals surface area contributed by atoms with E-state index in [-0.39, 0.29) is 33.7 Å². The maximum absolute atomic E-state index is 13.6. The van der Waals surface area contributed by atoms with Crippen molar-refractivity contribution in [3.05, 3.63) is 126 Å². The molecule has 2 saturated heterocycles. The van der Waals surface area contributed by atoms with Crippen molar-refractivity contribution in [1.29, 1.82) is 0 Å². The van der Waals surface area contributed by atoms with Gasteiger partial charge in [-0.2, -0.15) is 0 Å². The Labute approximate surface area is 490 Å². The van der Waals surface area contributed by atoms with E-state index in [0.717, 1.165) is 59.3 Å². The normalized spacial score (nSPS) is 20.2. The third kappa shape index (κ3) is 16.5. The van der Waals surface area contributed by atoms with Crippen molar-refractivity contribution in [1.82, 2.24) is 50.3 Å². The number of hydrogen-bond acceptors (Lipinski definition) is 12. The molecule has 8 rings (SSSR count). The Morgan fingerprint density at radius 3 is 1.31 bits per heavy atom. The maximum Gasteiger partial charge on any atom is 0.314 e. The highest BCUT2D eigenvalue weighted by Crippen LogP contribution is 2.40. The number of likely N-dealkylation sites (tertiary alicyclic amines) is 2. The van der Waals surface area contributed by atoms with Crippen LogP contribution >= 0.6 is 46.4 Å². The molecule has 6 N–H and O–H groups in total. The Morgan fingerprint density at radius 1 is 0.525 bits per heavy atom. The van der Waals surface area contributed by atoms with Gasteiger partial charge in [-0.15, -0.1) is 0 Å². The number of carbonyl (C=O) groups is 4. The SMILES string of the molecule is CN1Cc2c(Cl)cc(Cl)cc2C(c2cccc(S(=O)(=O)NC(=O)C3CCCN(CCCNC(=O)NCCCCNC(=O)NCCCN4CCCC(C(=O)NS(=O)(=O)c5cccc(C6CN(C)Cc7c(Cl)cc(Cl)cc76)c5)C4)C3)c2)C1. The summed E-state index contributed by atoms with van der Waals surface area (Å²) in [5.74, 6) is -2.41. The quantitative estimate of drug-likeness (QED) is 0.0451. The van der Waals surface area contributed by atoms with E-state index >= 15 is 0 Å². The molecule has 4 unspecified atom stereocenters. The number of sulfonamides is 2. The zero-order valence-corrected chi connectivity index (χ0v) is 49.8.